The molecular weight excluding hydrogens is 424 g/mol. The number of anilines is 3. The zero-order valence-electron chi connectivity index (χ0n) is 17.8. The molecule has 3 N–H and O–H groups in total. The van der Waals surface area contributed by atoms with Crippen LogP contribution in [0.15, 0.2) is 61.1 Å². The van der Waals surface area contributed by atoms with Crippen LogP contribution in [0.5, 0.6) is 0 Å². The lowest BCUT2D eigenvalue weighted by Crippen LogP contribution is -2.13. The summed E-state index contributed by atoms with van der Waals surface area (Å²) in [5.41, 5.74) is 1.53. The Morgan fingerprint density at radius 3 is 2.64 bits per heavy atom. The van der Waals surface area contributed by atoms with Gasteiger partial charge < -0.3 is 20.3 Å². The van der Waals surface area contributed by atoms with Gasteiger partial charge in [0.25, 0.3) is 5.91 Å². The maximum atomic E-state index is 12.8. The maximum Gasteiger partial charge on any atom is 0.374 e. The number of hydrogen-bond acceptors (Lipinski definition) is 8. The van der Waals surface area contributed by atoms with Crippen LogP contribution in [0.4, 0.5) is 17.3 Å². The average molecular weight is 444 g/mol. The summed E-state index contributed by atoms with van der Waals surface area (Å²) in [6, 6.07) is 13.7. The SMILES string of the molecule is CC(C)n1cnnc1-c1cccc(NC(=O)c2cccc(Nc3ccnc(C(=O)O)n3)c2)n1. The smallest absolute Gasteiger partial charge is 0.374 e. The standard InChI is InChI=1S/C22H20N8O3/c1-13(2)30-12-24-29-20(30)16-7-4-8-17(26-16)28-21(31)14-5-3-6-15(11-14)25-18-9-10-23-19(27-18)22(32)33/h3-13H,1-2H3,(H,32,33)(H,23,25,27)(H,26,28,31). The topological polar surface area (TPSA) is 148 Å². The van der Waals surface area contributed by atoms with E-state index in [9.17, 15) is 9.59 Å². The lowest BCUT2D eigenvalue weighted by atomic mass is 10.2. The van der Waals surface area contributed by atoms with Crippen molar-refractivity contribution in [1.29, 1.82) is 0 Å². The molecule has 0 aliphatic rings. The highest BCUT2D eigenvalue weighted by molar-refractivity contribution is 6.04. The molecular formula is C22H20N8O3. The van der Waals surface area contributed by atoms with E-state index in [1.807, 2.05) is 18.4 Å². The summed E-state index contributed by atoms with van der Waals surface area (Å²) in [4.78, 5) is 36.0. The van der Waals surface area contributed by atoms with Crippen LogP contribution in [-0.2, 0) is 0 Å². The number of benzene rings is 1. The second-order valence-electron chi connectivity index (χ2n) is 7.29. The fraction of sp³-hybridized carbons (Fsp3) is 0.136. The second kappa shape index (κ2) is 9.22. The number of aromatic carboxylic acids is 1. The van der Waals surface area contributed by atoms with Crippen LogP contribution in [0.3, 0.4) is 0 Å². The zero-order chi connectivity index (χ0) is 23.4. The van der Waals surface area contributed by atoms with Crippen LogP contribution >= 0.6 is 0 Å². The van der Waals surface area contributed by atoms with Crippen molar-refractivity contribution in [2.75, 3.05) is 10.6 Å². The number of carbonyl (C=O) groups is 2. The predicted octanol–water partition coefficient (Wildman–Crippen LogP) is 3.41. The number of amides is 1. The molecule has 33 heavy (non-hydrogen) atoms. The molecule has 0 fully saturated rings. The molecule has 0 bridgehead atoms. The Bertz CT molecular complexity index is 1320. The Kier molecular flexibility index (Phi) is 6.02. The number of hydrogen-bond donors (Lipinski definition) is 3. The molecule has 166 valence electrons. The van der Waals surface area contributed by atoms with Crippen molar-refractivity contribution in [3.8, 4) is 11.5 Å². The Hall–Kier alpha value is -4.67. The molecule has 1 amide bonds. The van der Waals surface area contributed by atoms with Gasteiger partial charge in [-0.2, -0.15) is 0 Å². The van der Waals surface area contributed by atoms with E-state index in [4.69, 9.17) is 5.11 Å². The van der Waals surface area contributed by atoms with E-state index < -0.39 is 5.97 Å². The molecule has 0 aliphatic heterocycles. The van der Waals surface area contributed by atoms with Crippen molar-refractivity contribution in [3.63, 3.8) is 0 Å². The Morgan fingerprint density at radius 1 is 1.03 bits per heavy atom. The van der Waals surface area contributed by atoms with Crippen molar-refractivity contribution < 1.29 is 14.7 Å². The highest BCUT2D eigenvalue weighted by Gasteiger charge is 2.14. The normalized spacial score (nSPS) is 10.8. The molecule has 1 aromatic carbocycles. The van der Waals surface area contributed by atoms with Crippen molar-refractivity contribution in [2.45, 2.75) is 19.9 Å². The second-order valence-corrected chi connectivity index (χ2v) is 7.29. The molecule has 0 radical (unpaired) electrons. The van der Waals surface area contributed by atoms with Gasteiger partial charge in [0, 0.05) is 23.5 Å². The van der Waals surface area contributed by atoms with Gasteiger partial charge in [-0.25, -0.2) is 19.7 Å². The predicted molar refractivity (Wildman–Crippen MR) is 120 cm³/mol. The number of rotatable bonds is 7. The number of carbonyl (C=O) groups excluding carboxylic acids is 1. The zero-order valence-corrected chi connectivity index (χ0v) is 17.8. The van der Waals surface area contributed by atoms with Gasteiger partial charge >= 0.3 is 5.97 Å². The molecule has 3 aromatic heterocycles. The first-order chi connectivity index (χ1) is 15.9. The van der Waals surface area contributed by atoms with E-state index >= 15 is 0 Å². The Morgan fingerprint density at radius 2 is 1.85 bits per heavy atom. The summed E-state index contributed by atoms with van der Waals surface area (Å²) in [7, 11) is 0. The summed E-state index contributed by atoms with van der Waals surface area (Å²) < 4.78 is 1.89. The van der Waals surface area contributed by atoms with E-state index in [1.165, 1.54) is 12.3 Å². The minimum Gasteiger partial charge on any atom is -0.475 e. The molecule has 0 spiro atoms. The summed E-state index contributed by atoms with van der Waals surface area (Å²) in [6.45, 7) is 4.03. The summed E-state index contributed by atoms with van der Waals surface area (Å²) in [5, 5.41) is 22.9. The van der Waals surface area contributed by atoms with Gasteiger partial charge in [-0.15, -0.1) is 10.2 Å². The van der Waals surface area contributed by atoms with Gasteiger partial charge in [-0.05, 0) is 50.2 Å². The maximum absolute atomic E-state index is 12.8. The van der Waals surface area contributed by atoms with Gasteiger partial charge in [0.05, 0.1) is 0 Å². The average Bonchev–Trinajstić information content (AvgIpc) is 3.30. The fourth-order valence-corrected chi connectivity index (χ4v) is 3.04. The Labute approximate surface area is 188 Å². The molecule has 0 atom stereocenters. The molecule has 0 aliphatic carbocycles. The summed E-state index contributed by atoms with van der Waals surface area (Å²) in [6.07, 6.45) is 2.98. The van der Waals surface area contributed by atoms with E-state index in [-0.39, 0.29) is 17.8 Å². The number of pyridine rings is 1. The first-order valence-electron chi connectivity index (χ1n) is 10.0. The minimum atomic E-state index is -1.23. The molecule has 0 unspecified atom stereocenters. The van der Waals surface area contributed by atoms with Gasteiger partial charge in [0.15, 0.2) is 5.82 Å². The van der Waals surface area contributed by atoms with Crippen LogP contribution < -0.4 is 10.6 Å². The van der Waals surface area contributed by atoms with Gasteiger partial charge in [0.2, 0.25) is 5.82 Å². The van der Waals surface area contributed by atoms with Gasteiger partial charge in [-0.1, -0.05) is 12.1 Å². The van der Waals surface area contributed by atoms with Crippen molar-refractivity contribution in [3.05, 3.63) is 72.4 Å². The van der Waals surface area contributed by atoms with E-state index in [1.54, 1.807) is 48.8 Å². The first kappa shape index (κ1) is 21.6. The van der Waals surface area contributed by atoms with Crippen molar-refractivity contribution >= 4 is 29.2 Å². The van der Waals surface area contributed by atoms with Crippen LogP contribution in [0, 0.1) is 0 Å². The molecule has 4 aromatic rings. The lowest BCUT2D eigenvalue weighted by Gasteiger charge is -2.11. The number of nitrogens with one attached hydrogen (secondary N) is 2. The molecule has 11 nitrogen and oxygen atoms in total. The van der Waals surface area contributed by atoms with Gasteiger partial charge in [0.1, 0.15) is 23.7 Å². The molecule has 3 heterocycles. The van der Waals surface area contributed by atoms with Crippen molar-refractivity contribution in [2.24, 2.45) is 0 Å². The molecule has 0 saturated carbocycles. The van der Waals surface area contributed by atoms with Crippen LogP contribution in [0.1, 0.15) is 40.9 Å². The first-order valence-corrected chi connectivity index (χ1v) is 10.0. The highest BCUT2D eigenvalue weighted by Crippen LogP contribution is 2.21. The third kappa shape index (κ3) is 4.98. The van der Waals surface area contributed by atoms with Crippen molar-refractivity contribution in [1.82, 2.24) is 29.7 Å². The third-order valence-electron chi connectivity index (χ3n) is 4.59. The van der Waals surface area contributed by atoms with E-state index in [0.717, 1.165) is 0 Å². The summed E-state index contributed by atoms with van der Waals surface area (Å²) in [5.74, 6) is -0.638. The number of carboxylic acids is 1. The molecule has 4 rings (SSSR count). The van der Waals surface area contributed by atoms with Gasteiger partial charge in [-0.3, -0.25) is 4.79 Å². The van der Waals surface area contributed by atoms with Crippen LogP contribution in [-0.4, -0.2) is 46.7 Å². The minimum absolute atomic E-state index is 0.159. The quantitative estimate of drug-likeness (QED) is 0.390. The fourth-order valence-electron chi connectivity index (χ4n) is 3.04. The van der Waals surface area contributed by atoms with E-state index in [2.05, 4.69) is 35.8 Å². The molecule has 0 saturated heterocycles. The van der Waals surface area contributed by atoms with Crippen LogP contribution in [0.25, 0.3) is 11.5 Å². The number of nitrogens with zero attached hydrogens (tertiary/aromatic N) is 6. The monoisotopic (exact) mass is 444 g/mol. The number of aromatic nitrogens is 6. The largest absolute Gasteiger partial charge is 0.475 e. The summed E-state index contributed by atoms with van der Waals surface area (Å²) >= 11 is 0. The highest BCUT2D eigenvalue weighted by atomic mass is 16.4. The number of carboxylic acid groups (broad SMARTS) is 1. The lowest BCUT2D eigenvalue weighted by molar-refractivity contribution is 0.0683. The molecule has 11 heteroatoms. The Balaban J connectivity index is 1.51. The van der Waals surface area contributed by atoms with Crippen LogP contribution in [0.2, 0.25) is 0 Å². The van der Waals surface area contributed by atoms with E-state index in [0.29, 0.717) is 34.4 Å². The third-order valence-corrected chi connectivity index (χ3v) is 4.59.